The number of anilines is 1. The van der Waals surface area contributed by atoms with Crippen LogP contribution in [0.4, 0.5) is 10.1 Å². The zero-order valence-corrected chi connectivity index (χ0v) is 15.1. The molecule has 0 saturated carbocycles. The van der Waals surface area contributed by atoms with Crippen molar-refractivity contribution in [2.75, 3.05) is 11.4 Å². The van der Waals surface area contributed by atoms with E-state index in [9.17, 15) is 14.0 Å². The Morgan fingerprint density at radius 3 is 2.81 bits per heavy atom. The molecule has 0 radical (unpaired) electrons. The van der Waals surface area contributed by atoms with E-state index in [-0.39, 0.29) is 11.7 Å². The van der Waals surface area contributed by atoms with Crippen LogP contribution in [0, 0.1) is 18.2 Å². The molecule has 27 heavy (non-hydrogen) atoms. The van der Waals surface area contributed by atoms with E-state index >= 15 is 0 Å². The number of nitrogens with zero attached hydrogens (tertiary/aromatic N) is 1. The molecule has 1 heterocycles. The highest BCUT2D eigenvalue weighted by Gasteiger charge is 2.49. The van der Waals surface area contributed by atoms with Gasteiger partial charge in [0.25, 0.3) is 5.91 Å². The average molecular weight is 368 g/mol. The molecule has 6 heteroatoms. The highest BCUT2D eigenvalue weighted by molar-refractivity contribution is 6.00. The second-order valence-corrected chi connectivity index (χ2v) is 7.50. The highest BCUT2D eigenvalue weighted by Crippen LogP contribution is 2.45. The number of carbonyl (C=O) groups excluding carboxylic acids is 2. The van der Waals surface area contributed by atoms with Crippen LogP contribution in [0.25, 0.3) is 0 Å². The number of carbonyl (C=O) groups is 2. The fraction of sp³-hybridized carbons (Fsp3) is 0.333. The second kappa shape index (κ2) is 6.46. The van der Waals surface area contributed by atoms with Gasteiger partial charge in [0, 0.05) is 12.1 Å². The molecule has 1 fully saturated rings. The van der Waals surface area contributed by atoms with E-state index in [0.717, 1.165) is 11.1 Å². The average Bonchev–Trinajstić information content (AvgIpc) is 2.99. The van der Waals surface area contributed by atoms with Crippen molar-refractivity contribution in [2.45, 2.75) is 32.6 Å². The zero-order chi connectivity index (χ0) is 19.2. The van der Waals surface area contributed by atoms with E-state index in [1.165, 1.54) is 0 Å². The first kappa shape index (κ1) is 17.7. The molecule has 5 nitrogen and oxygen atoms in total. The van der Waals surface area contributed by atoms with Crippen LogP contribution in [-0.4, -0.2) is 23.6 Å². The van der Waals surface area contributed by atoms with Gasteiger partial charge in [-0.1, -0.05) is 18.2 Å². The number of benzene rings is 2. The third-order valence-corrected chi connectivity index (χ3v) is 5.95. The van der Waals surface area contributed by atoms with Crippen LogP contribution in [-0.2, 0) is 17.6 Å². The molecule has 1 saturated heterocycles. The highest BCUT2D eigenvalue weighted by atomic mass is 19.1. The Kier molecular flexibility index (Phi) is 4.23. The summed E-state index contributed by atoms with van der Waals surface area (Å²) in [5.74, 6) is -0.898. The molecular weight excluding hydrogens is 347 g/mol. The summed E-state index contributed by atoms with van der Waals surface area (Å²) in [6.07, 6.45) is 2.63. The number of nitrogens with one attached hydrogen (secondary N) is 1. The summed E-state index contributed by atoms with van der Waals surface area (Å²) in [5, 5.41) is 8.79. The number of amides is 2. The fourth-order valence-electron chi connectivity index (χ4n) is 4.35. The third kappa shape index (κ3) is 2.80. The molecule has 2 aliphatic rings. The first-order chi connectivity index (χ1) is 12.9. The van der Waals surface area contributed by atoms with E-state index < -0.39 is 11.3 Å². The quantitative estimate of drug-likeness (QED) is 0.632. The Morgan fingerprint density at radius 2 is 2.04 bits per heavy atom. The van der Waals surface area contributed by atoms with Crippen molar-refractivity contribution in [3.8, 4) is 0 Å². The molecule has 1 atom stereocenters. The number of hydrogen-bond donors (Lipinski definition) is 2. The van der Waals surface area contributed by atoms with Gasteiger partial charge in [-0.25, -0.2) is 9.87 Å². The van der Waals surface area contributed by atoms with Crippen LogP contribution >= 0.6 is 0 Å². The van der Waals surface area contributed by atoms with Crippen molar-refractivity contribution in [2.24, 2.45) is 5.41 Å². The largest absolute Gasteiger partial charge is 0.309 e. The van der Waals surface area contributed by atoms with E-state index in [1.54, 1.807) is 47.6 Å². The molecule has 0 unspecified atom stereocenters. The number of fused-ring (bicyclic) bond motifs is 1. The van der Waals surface area contributed by atoms with Crippen LogP contribution in [0.15, 0.2) is 36.4 Å². The Morgan fingerprint density at radius 1 is 1.22 bits per heavy atom. The van der Waals surface area contributed by atoms with Crippen LogP contribution in [0.2, 0.25) is 0 Å². The molecular formula is C21H21FN2O3. The van der Waals surface area contributed by atoms with Crippen LogP contribution in [0.5, 0.6) is 0 Å². The topological polar surface area (TPSA) is 69.6 Å². The van der Waals surface area contributed by atoms with E-state index in [2.05, 4.69) is 0 Å². The fourth-order valence-corrected chi connectivity index (χ4v) is 4.35. The van der Waals surface area contributed by atoms with Gasteiger partial charge in [-0.15, -0.1) is 0 Å². The molecule has 2 aromatic carbocycles. The predicted octanol–water partition coefficient (Wildman–Crippen LogP) is 3.17. The van der Waals surface area contributed by atoms with Gasteiger partial charge in [0.05, 0.1) is 11.1 Å². The van der Waals surface area contributed by atoms with Crippen molar-refractivity contribution in [1.29, 1.82) is 0 Å². The molecule has 2 amide bonds. The lowest BCUT2D eigenvalue weighted by atomic mass is 9.70. The minimum atomic E-state index is -0.545. The van der Waals surface area contributed by atoms with E-state index in [0.29, 0.717) is 49.0 Å². The lowest BCUT2D eigenvalue weighted by Gasteiger charge is -2.33. The maximum Gasteiger partial charge on any atom is 0.274 e. The number of rotatable bonds is 2. The van der Waals surface area contributed by atoms with Gasteiger partial charge in [-0.2, -0.15) is 0 Å². The van der Waals surface area contributed by atoms with Crippen molar-refractivity contribution in [3.05, 3.63) is 64.5 Å². The monoisotopic (exact) mass is 368 g/mol. The molecule has 1 aliphatic heterocycles. The van der Waals surface area contributed by atoms with Gasteiger partial charge in [-0.3, -0.25) is 14.8 Å². The first-order valence-corrected chi connectivity index (χ1v) is 9.08. The summed E-state index contributed by atoms with van der Waals surface area (Å²) in [4.78, 5) is 26.4. The van der Waals surface area contributed by atoms with Crippen LogP contribution in [0.3, 0.4) is 0 Å². The van der Waals surface area contributed by atoms with Crippen molar-refractivity contribution in [1.82, 2.24) is 5.48 Å². The minimum absolute atomic E-state index is 0.0187. The molecule has 4 rings (SSSR count). The normalized spacial score (nSPS) is 21.4. The van der Waals surface area contributed by atoms with Crippen molar-refractivity contribution >= 4 is 17.5 Å². The summed E-state index contributed by atoms with van der Waals surface area (Å²) in [6.45, 7) is 2.21. The molecule has 1 aliphatic carbocycles. The third-order valence-electron chi connectivity index (χ3n) is 5.95. The van der Waals surface area contributed by atoms with Gasteiger partial charge in [0.15, 0.2) is 0 Å². The number of hydrogen-bond acceptors (Lipinski definition) is 3. The lowest BCUT2D eigenvalue weighted by Crippen LogP contribution is -2.39. The van der Waals surface area contributed by atoms with Gasteiger partial charge in [-0.05, 0) is 67.5 Å². The SMILES string of the molecule is Cc1cccc(N2CC[C@@]3(CCc4cc(C(=O)NO)ccc4C3)C2=O)c1F. The summed E-state index contributed by atoms with van der Waals surface area (Å²) >= 11 is 0. The van der Waals surface area contributed by atoms with Gasteiger partial charge in [0.1, 0.15) is 5.82 Å². The lowest BCUT2D eigenvalue weighted by molar-refractivity contribution is -0.126. The molecule has 1 spiro atoms. The van der Waals surface area contributed by atoms with E-state index in [4.69, 9.17) is 5.21 Å². The van der Waals surface area contributed by atoms with Crippen LogP contribution < -0.4 is 10.4 Å². The zero-order valence-electron chi connectivity index (χ0n) is 15.1. The van der Waals surface area contributed by atoms with Gasteiger partial charge in [0.2, 0.25) is 5.91 Å². The van der Waals surface area contributed by atoms with Gasteiger partial charge >= 0.3 is 0 Å². The Bertz CT molecular complexity index is 943. The molecule has 2 aromatic rings. The summed E-state index contributed by atoms with van der Waals surface area (Å²) < 4.78 is 14.5. The van der Waals surface area contributed by atoms with Crippen LogP contribution in [0.1, 0.15) is 39.9 Å². The molecule has 2 N–H and O–H groups in total. The minimum Gasteiger partial charge on any atom is -0.309 e. The maximum atomic E-state index is 14.5. The smallest absolute Gasteiger partial charge is 0.274 e. The van der Waals surface area contributed by atoms with Crippen molar-refractivity contribution < 1.29 is 19.2 Å². The number of aryl methyl sites for hydroxylation is 2. The van der Waals surface area contributed by atoms with Gasteiger partial charge < -0.3 is 4.90 Å². The Labute approximate surface area is 156 Å². The summed E-state index contributed by atoms with van der Waals surface area (Å²) in [5.41, 5.74) is 4.48. The van der Waals surface area contributed by atoms with E-state index in [1.807, 2.05) is 6.07 Å². The molecule has 0 aromatic heterocycles. The maximum absolute atomic E-state index is 14.5. The first-order valence-electron chi connectivity index (χ1n) is 9.08. The standard InChI is InChI=1S/C21H21FN2O3/c1-13-3-2-4-17(18(13)22)24-10-9-21(20(24)26)8-7-14-11-15(19(25)23-27)5-6-16(14)12-21/h2-6,11,27H,7-10,12H2,1H3,(H,23,25)/t21-/m1/s1. The summed E-state index contributed by atoms with van der Waals surface area (Å²) in [6, 6.07) is 10.4. The van der Waals surface area contributed by atoms with Crippen molar-refractivity contribution in [3.63, 3.8) is 0 Å². The molecule has 0 bridgehead atoms. The predicted molar refractivity (Wildman–Crippen MR) is 98.3 cm³/mol. The number of hydroxylamine groups is 1. The Hall–Kier alpha value is -2.73. The number of halogens is 1. The molecule has 140 valence electrons. The summed E-state index contributed by atoms with van der Waals surface area (Å²) in [7, 11) is 0. The second-order valence-electron chi connectivity index (χ2n) is 7.50. The Balaban J connectivity index is 1.62.